The number of halogens is 1. The van der Waals surface area contributed by atoms with Crippen LogP contribution in [0.4, 0.5) is 4.39 Å². The maximum Gasteiger partial charge on any atom is 0.340 e. The van der Waals surface area contributed by atoms with Crippen molar-refractivity contribution in [1.29, 1.82) is 0 Å². The SMILES string of the molecule is CSc1cnc(F)c(C(=O)O)c1. The van der Waals surface area contributed by atoms with Gasteiger partial charge in [0.1, 0.15) is 5.56 Å². The summed E-state index contributed by atoms with van der Waals surface area (Å²) in [6.07, 6.45) is 3.06. The van der Waals surface area contributed by atoms with Crippen LogP contribution in [0.2, 0.25) is 0 Å². The van der Waals surface area contributed by atoms with E-state index in [0.717, 1.165) is 0 Å². The Labute approximate surface area is 72.6 Å². The molecule has 1 aromatic heterocycles. The van der Waals surface area contributed by atoms with Gasteiger partial charge in [-0.1, -0.05) is 0 Å². The van der Waals surface area contributed by atoms with Crippen LogP contribution >= 0.6 is 11.8 Å². The fourth-order valence-electron chi connectivity index (χ4n) is 0.691. The van der Waals surface area contributed by atoms with Crippen LogP contribution in [0, 0.1) is 5.95 Å². The molecule has 0 amide bonds. The van der Waals surface area contributed by atoms with Gasteiger partial charge < -0.3 is 5.11 Å². The van der Waals surface area contributed by atoms with Crippen molar-refractivity contribution < 1.29 is 14.3 Å². The van der Waals surface area contributed by atoms with Gasteiger partial charge in [-0.25, -0.2) is 9.78 Å². The molecule has 3 nitrogen and oxygen atoms in total. The maximum absolute atomic E-state index is 12.7. The zero-order chi connectivity index (χ0) is 9.14. The van der Waals surface area contributed by atoms with Crippen molar-refractivity contribution in [2.75, 3.05) is 6.26 Å². The Morgan fingerprint density at radius 1 is 1.75 bits per heavy atom. The second kappa shape index (κ2) is 3.53. The van der Waals surface area contributed by atoms with E-state index in [-0.39, 0.29) is 5.56 Å². The van der Waals surface area contributed by atoms with Crippen LogP contribution in [-0.2, 0) is 0 Å². The molecule has 0 aromatic carbocycles. The summed E-state index contributed by atoms with van der Waals surface area (Å²) in [5, 5.41) is 8.50. The van der Waals surface area contributed by atoms with E-state index < -0.39 is 11.9 Å². The van der Waals surface area contributed by atoms with Crippen molar-refractivity contribution in [1.82, 2.24) is 4.98 Å². The molecule has 0 bridgehead atoms. The van der Waals surface area contributed by atoms with E-state index in [9.17, 15) is 9.18 Å². The van der Waals surface area contributed by atoms with E-state index in [1.165, 1.54) is 24.0 Å². The first kappa shape index (κ1) is 8.99. The van der Waals surface area contributed by atoms with Gasteiger partial charge in [0.05, 0.1) is 0 Å². The normalized spacial score (nSPS) is 9.83. The lowest BCUT2D eigenvalue weighted by molar-refractivity contribution is 0.0690. The molecule has 0 atom stereocenters. The van der Waals surface area contributed by atoms with Crippen LogP contribution in [0.3, 0.4) is 0 Å². The lowest BCUT2D eigenvalue weighted by atomic mass is 10.3. The van der Waals surface area contributed by atoms with Gasteiger partial charge in [-0.3, -0.25) is 0 Å². The number of carboxylic acid groups (broad SMARTS) is 1. The molecule has 0 saturated heterocycles. The number of nitrogens with zero attached hydrogens (tertiary/aromatic N) is 1. The highest BCUT2D eigenvalue weighted by molar-refractivity contribution is 7.98. The average Bonchev–Trinajstić information content (AvgIpc) is 2.05. The number of pyridine rings is 1. The number of carbonyl (C=O) groups is 1. The van der Waals surface area contributed by atoms with Crippen molar-refractivity contribution in [3.63, 3.8) is 0 Å². The topological polar surface area (TPSA) is 50.2 Å². The van der Waals surface area contributed by atoms with Crippen LogP contribution in [0.25, 0.3) is 0 Å². The van der Waals surface area contributed by atoms with Gasteiger partial charge in [0.15, 0.2) is 0 Å². The van der Waals surface area contributed by atoms with Crippen molar-refractivity contribution in [3.8, 4) is 0 Å². The predicted octanol–water partition coefficient (Wildman–Crippen LogP) is 1.64. The molecular weight excluding hydrogens is 181 g/mol. The maximum atomic E-state index is 12.7. The van der Waals surface area contributed by atoms with Crippen molar-refractivity contribution in [2.24, 2.45) is 0 Å². The van der Waals surface area contributed by atoms with Crippen LogP contribution in [0.15, 0.2) is 17.2 Å². The summed E-state index contributed by atoms with van der Waals surface area (Å²) < 4.78 is 12.7. The zero-order valence-electron chi connectivity index (χ0n) is 6.24. The van der Waals surface area contributed by atoms with E-state index in [2.05, 4.69) is 4.98 Å². The molecule has 12 heavy (non-hydrogen) atoms. The molecule has 0 fully saturated rings. The number of hydrogen-bond donors (Lipinski definition) is 1. The summed E-state index contributed by atoms with van der Waals surface area (Å²) in [7, 11) is 0. The van der Waals surface area contributed by atoms with E-state index in [4.69, 9.17) is 5.11 Å². The van der Waals surface area contributed by atoms with E-state index >= 15 is 0 Å². The first-order chi connectivity index (χ1) is 5.65. The summed E-state index contributed by atoms with van der Waals surface area (Å²) in [4.78, 5) is 14.3. The number of hydrogen-bond acceptors (Lipinski definition) is 3. The molecule has 0 unspecified atom stereocenters. The van der Waals surface area contributed by atoms with Crippen molar-refractivity contribution in [2.45, 2.75) is 4.90 Å². The van der Waals surface area contributed by atoms with Gasteiger partial charge in [0, 0.05) is 11.1 Å². The summed E-state index contributed by atoms with van der Waals surface area (Å²) in [6, 6.07) is 1.26. The van der Waals surface area contributed by atoms with Gasteiger partial charge in [0.2, 0.25) is 5.95 Å². The van der Waals surface area contributed by atoms with Crippen LogP contribution in [-0.4, -0.2) is 22.3 Å². The Morgan fingerprint density at radius 3 is 2.92 bits per heavy atom. The molecule has 1 N–H and O–H groups in total. The molecule has 1 aromatic rings. The quantitative estimate of drug-likeness (QED) is 0.564. The Hall–Kier alpha value is -1.10. The van der Waals surface area contributed by atoms with E-state index in [1.807, 2.05) is 0 Å². The van der Waals surface area contributed by atoms with Crippen LogP contribution in [0.5, 0.6) is 0 Å². The third kappa shape index (κ3) is 1.73. The van der Waals surface area contributed by atoms with Gasteiger partial charge in [-0.05, 0) is 12.3 Å². The molecule has 1 rings (SSSR count). The number of carboxylic acids is 1. The summed E-state index contributed by atoms with van der Waals surface area (Å²) in [6.45, 7) is 0. The fraction of sp³-hybridized carbons (Fsp3) is 0.143. The molecule has 0 aliphatic heterocycles. The Kier molecular flexibility index (Phi) is 2.65. The smallest absolute Gasteiger partial charge is 0.340 e. The minimum Gasteiger partial charge on any atom is -0.478 e. The minimum atomic E-state index is -1.30. The van der Waals surface area contributed by atoms with Crippen molar-refractivity contribution in [3.05, 3.63) is 23.8 Å². The molecule has 0 radical (unpaired) electrons. The second-order valence-corrected chi connectivity index (χ2v) is 2.90. The largest absolute Gasteiger partial charge is 0.478 e. The van der Waals surface area contributed by atoms with Gasteiger partial charge in [-0.2, -0.15) is 4.39 Å². The Balaban J connectivity index is 3.17. The highest BCUT2D eigenvalue weighted by Crippen LogP contribution is 2.16. The average molecular weight is 187 g/mol. The zero-order valence-corrected chi connectivity index (χ0v) is 7.06. The van der Waals surface area contributed by atoms with Gasteiger partial charge in [-0.15, -0.1) is 11.8 Å². The number of aromatic carboxylic acids is 1. The molecule has 0 aliphatic rings. The predicted molar refractivity (Wildman–Crippen MR) is 42.9 cm³/mol. The monoisotopic (exact) mass is 187 g/mol. The molecule has 0 saturated carbocycles. The molecule has 0 aliphatic carbocycles. The number of rotatable bonds is 2. The number of thioether (sulfide) groups is 1. The van der Waals surface area contributed by atoms with Crippen LogP contribution in [0.1, 0.15) is 10.4 Å². The fourth-order valence-corrected chi connectivity index (χ4v) is 1.08. The Morgan fingerprint density at radius 2 is 2.42 bits per heavy atom. The summed E-state index contributed by atoms with van der Waals surface area (Å²) in [5.74, 6) is -2.24. The first-order valence-corrected chi connectivity index (χ1v) is 4.30. The third-order valence-corrected chi connectivity index (χ3v) is 1.97. The summed E-state index contributed by atoms with van der Waals surface area (Å²) >= 11 is 1.32. The Bertz CT molecular complexity index is 316. The summed E-state index contributed by atoms with van der Waals surface area (Å²) in [5.41, 5.74) is -0.387. The standard InChI is InChI=1S/C7H6FNO2S/c1-12-4-2-5(7(10)11)6(8)9-3-4/h2-3H,1H3,(H,10,11). The van der Waals surface area contributed by atoms with E-state index in [0.29, 0.717) is 4.90 Å². The molecular formula is C7H6FNO2S. The molecule has 1 heterocycles. The molecule has 64 valence electrons. The second-order valence-electron chi connectivity index (χ2n) is 2.02. The van der Waals surface area contributed by atoms with Gasteiger partial charge >= 0.3 is 5.97 Å². The lowest BCUT2D eigenvalue weighted by Gasteiger charge is -1.98. The highest BCUT2D eigenvalue weighted by atomic mass is 32.2. The highest BCUT2D eigenvalue weighted by Gasteiger charge is 2.11. The molecule has 0 spiro atoms. The lowest BCUT2D eigenvalue weighted by Crippen LogP contribution is -2.02. The number of aromatic nitrogens is 1. The first-order valence-electron chi connectivity index (χ1n) is 3.08. The third-order valence-electron chi connectivity index (χ3n) is 1.28. The van der Waals surface area contributed by atoms with Crippen LogP contribution < -0.4 is 0 Å². The molecule has 5 heteroatoms. The van der Waals surface area contributed by atoms with Gasteiger partial charge in [0.25, 0.3) is 0 Å². The van der Waals surface area contributed by atoms with E-state index in [1.54, 1.807) is 6.26 Å². The van der Waals surface area contributed by atoms with Crippen molar-refractivity contribution >= 4 is 17.7 Å². The minimum absolute atomic E-state index is 0.387.